The first-order valence-electron chi connectivity index (χ1n) is 12.3. The molecule has 1 aromatic carbocycles. The Kier molecular flexibility index (Phi) is 5.56. The first-order chi connectivity index (χ1) is 17.1. The average molecular weight is 472 g/mol. The number of hydrogen-bond donors (Lipinski definition) is 1. The van der Waals surface area contributed by atoms with Crippen LogP contribution >= 0.6 is 0 Å². The minimum Gasteiger partial charge on any atom is -0.381 e. The highest BCUT2D eigenvalue weighted by Gasteiger charge is 2.38. The number of likely N-dealkylation sites (tertiary alicyclic amines) is 1. The van der Waals surface area contributed by atoms with Crippen molar-refractivity contribution < 1.29 is 9.53 Å². The lowest BCUT2D eigenvalue weighted by Crippen LogP contribution is -2.46. The first kappa shape index (κ1) is 21.9. The van der Waals surface area contributed by atoms with Crippen molar-refractivity contribution in [2.24, 2.45) is 5.92 Å². The van der Waals surface area contributed by atoms with Crippen LogP contribution in [0.4, 0.5) is 5.82 Å². The number of hydrogen-bond acceptors (Lipinski definition) is 8. The number of para-hydroxylation sites is 2. The molecule has 0 saturated carbocycles. The molecule has 3 aliphatic rings. The van der Waals surface area contributed by atoms with Gasteiger partial charge in [0.15, 0.2) is 5.82 Å². The van der Waals surface area contributed by atoms with Crippen LogP contribution in [0, 0.1) is 5.92 Å². The second-order valence-corrected chi connectivity index (χ2v) is 9.48. The molecule has 2 aromatic heterocycles. The molecule has 1 amide bonds. The van der Waals surface area contributed by atoms with Gasteiger partial charge in [-0.1, -0.05) is 32.1 Å². The molecule has 3 aliphatic heterocycles. The number of nitrogens with zero attached hydrogens (tertiary/aromatic N) is 6. The maximum atomic E-state index is 13.4. The molecular weight excluding hydrogens is 442 g/mol. The lowest BCUT2D eigenvalue weighted by molar-refractivity contribution is 0.0779. The Morgan fingerprint density at radius 2 is 1.94 bits per heavy atom. The summed E-state index contributed by atoms with van der Waals surface area (Å²) in [6.07, 6.45) is 6.34. The van der Waals surface area contributed by atoms with Crippen LogP contribution in [0.15, 0.2) is 30.5 Å². The van der Waals surface area contributed by atoms with Gasteiger partial charge in [-0.15, -0.1) is 0 Å². The minimum absolute atomic E-state index is 0.0419. The molecule has 9 nitrogen and oxygen atoms in total. The number of fused-ring (bicyclic) bond motifs is 2. The molecule has 35 heavy (non-hydrogen) atoms. The van der Waals surface area contributed by atoms with Gasteiger partial charge in [-0.2, -0.15) is 0 Å². The van der Waals surface area contributed by atoms with Crippen LogP contribution in [0.1, 0.15) is 48.4 Å². The second-order valence-electron chi connectivity index (χ2n) is 9.48. The van der Waals surface area contributed by atoms with Crippen molar-refractivity contribution in [1.29, 1.82) is 0 Å². The van der Waals surface area contributed by atoms with Gasteiger partial charge in [0, 0.05) is 38.4 Å². The summed E-state index contributed by atoms with van der Waals surface area (Å²) in [5, 5.41) is 3.79. The highest BCUT2D eigenvalue weighted by molar-refractivity contribution is 5.94. The number of rotatable bonds is 4. The lowest BCUT2D eigenvalue weighted by atomic mass is 9.93. The van der Waals surface area contributed by atoms with E-state index < -0.39 is 0 Å². The monoisotopic (exact) mass is 471 g/mol. The molecule has 6 rings (SSSR count). The Labute approximate surface area is 203 Å². The fourth-order valence-corrected chi connectivity index (χ4v) is 5.40. The van der Waals surface area contributed by atoms with E-state index in [0.717, 1.165) is 60.4 Å². The molecular formula is C26H29N7O2. The van der Waals surface area contributed by atoms with E-state index in [0.29, 0.717) is 30.2 Å². The minimum atomic E-state index is -0.0981. The number of carbonyl (C=O) groups is 1. The topological polar surface area (TPSA) is 96.4 Å². The number of ether oxygens (including phenoxy) is 1. The summed E-state index contributed by atoms with van der Waals surface area (Å²) in [5.41, 5.74) is 5.25. The van der Waals surface area contributed by atoms with Gasteiger partial charge in [0.2, 0.25) is 0 Å². The largest absolute Gasteiger partial charge is 0.381 e. The summed E-state index contributed by atoms with van der Waals surface area (Å²) in [5.74, 6) is 1.85. The molecule has 0 bridgehead atoms. The lowest BCUT2D eigenvalue weighted by Gasteiger charge is -2.32. The van der Waals surface area contributed by atoms with Gasteiger partial charge >= 0.3 is 0 Å². The maximum Gasteiger partial charge on any atom is 0.274 e. The number of hydrazine groups is 1. The van der Waals surface area contributed by atoms with Crippen molar-refractivity contribution in [3.63, 3.8) is 0 Å². The third-order valence-corrected chi connectivity index (χ3v) is 7.41. The summed E-state index contributed by atoms with van der Waals surface area (Å²) in [7, 11) is 0. The van der Waals surface area contributed by atoms with E-state index >= 15 is 0 Å². The van der Waals surface area contributed by atoms with Crippen molar-refractivity contribution in [3.05, 3.63) is 52.5 Å². The molecule has 0 spiro atoms. The van der Waals surface area contributed by atoms with E-state index in [1.54, 1.807) is 6.20 Å². The van der Waals surface area contributed by atoms with E-state index in [-0.39, 0.29) is 17.7 Å². The predicted molar refractivity (Wildman–Crippen MR) is 133 cm³/mol. The predicted octanol–water partition coefficient (Wildman–Crippen LogP) is 1.34. The number of nitrogens with one attached hydrogen (secondary N) is 1. The molecule has 0 unspecified atom stereocenters. The van der Waals surface area contributed by atoms with Crippen molar-refractivity contribution in [2.75, 3.05) is 31.3 Å². The van der Waals surface area contributed by atoms with E-state index in [9.17, 15) is 4.79 Å². The van der Waals surface area contributed by atoms with Gasteiger partial charge in [0.25, 0.3) is 5.91 Å². The summed E-state index contributed by atoms with van der Waals surface area (Å²) in [6, 6.07) is 7.91. The van der Waals surface area contributed by atoms with E-state index in [1.807, 2.05) is 35.4 Å². The van der Waals surface area contributed by atoms with Crippen LogP contribution in [0.25, 0.3) is 23.8 Å². The number of amides is 1. The molecule has 0 radical (unpaired) electrons. The molecule has 0 aliphatic carbocycles. The molecule has 2 fully saturated rings. The van der Waals surface area contributed by atoms with E-state index in [4.69, 9.17) is 14.7 Å². The van der Waals surface area contributed by atoms with E-state index in [2.05, 4.69) is 33.9 Å². The van der Waals surface area contributed by atoms with Gasteiger partial charge in [-0.05, 0) is 30.9 Å². The van der Waals surface area contributed by atoms with Crippen molar-refractivity contribution >= 4 is 35.5 Å². The second kappa shape index (κ2) is 8.88. The van der Waals surface area contributed by atoms with Gasteiger partial charge in [0.1, 0.15) is 11.5 Å². The van der Waals surface area contributed by atoms with Gasteiger partial charge in [-0.3, -0.25) is 14.8 Å². The average Bonchev–Trinajstić information content (AvgIpc) is 3.53. The van der Waals surface area contributed by atoms with Crippen molar-refractivity contribution in [1.82, 2.24) is 30.3 Å². The number of anilines is 1. The van der Waals surface area contributed by atoms with E-state index in [1.165, 1.54) is 0 Å². The maximum absolute atomic E-state index is 13.4. The Bertz CT molecular complexity index is 1390. The molecule has 180 valence electrons. The van der Waals surface area contributed by atoms with Gasteiger partial charge in [-0.25, -0.2) is 15.0 Å². The highest BCUT2D eigenvalue weighted by Crippen LogP contribution is 2.34. The molecule has 2 atom stereocenters. The Morgan fingerprint density at radius 1 is 1.14 bits per heavy atom. The third kappa shape index (κ3) is 3.89. The van der Waals surface area contributed by atoms with Gasteiger partial charge < -0.3 is 15.1 Å². The standard InChI is InChI=1S/C26H29N7O2/c1-3-17-14-32(26(34)23-13-27-21-6-4-5-7-22(21)30-23)15-20(17)24-29-16(2)19-12-28-33(25(19)31-24)18-8-10-35-11-9-18/h4-7,12-13,17-18,20,28H,2-3,8-11,14-15H2,1H3/t17-,20-/m1/s1. The third-order valence-electron chi connectivity index (χ3n) is 7.41. The Morgan fingerprint density at radius 3 is 2.74 bits per heavy atom. The number of benzene rings is 1. The summed E-state index contributed by atoms with van der Waals surface area (Å²) in [4.78, 5) is 34.1. The molecule has 5 heterocycles. The fourth-order valence-electron chi connectivity index (χ4n) is 5.40. The van der Waals surface area contributed by atoms with Gasteiger partial charge in [0.05, 0.1) is 33.8 Å². The van der Waals surface area contributed by atoms with Crippen molar-refractivity contribution in [2.45, 2.75) is 38.1 Å². The first-order valence-corrected chi connectivity index (χ1v) is 12.3. The summed E-state index contributed by atoms with van der Waals surface area (Å²) >= 11 is 0. The summed E-state index contributed by atoms with van der Waals surface area (Å²) < 4.78 is 5.54. The zero-order chi connectivity index (χ0) is 23.9. The summed E-state index contributed by atoms with van der Waals surface area (Å²) in [6.45, 7) is 9.08. The Hall–Kier alpha value is -3.59. The van der Waals surface area contributed by atoms with Crippen molar-refractivity contribution in [3.8, 4) is 0 Å². The van der Waals surface area contributed by atoms with Crippen LogP contribution in [-0.2, 0) is 4.74 Å². The van der Waals surface area contributed by atoms with Crippen LogP contribution in [0.2, 0.25) is 0 Å². The zero-order valence-electron chi connectivity index (χ0n) is 19.9. The molecule has 9 heteroatoms. The molecule has 3 aromatic rings. The molecule has 1 N–H and O–H groups in total. The normalized spacial score (nSPS) is 22.2. The Balaban J connectivity index is 1.28. The number of carbonyl (C=O) groups excluding carboxylic acids is 1. The van der Waals surface area contributed by atoms with Crippen LogP contribution < -0.4 is 21.0 Å². The highest BCUT2D eigenvalue weighted by atomic mass is 16.5. The molecule has 2 saturated heterocycles. The van der Waals surface area contributed by atoms with Crippen LogP contribution in [-0.4, -0.2) is 63.1 Å². The SMILES string of the molecule is C=c1nc([C@@H]2CN(C(=O)c3cnc4ccccc4n3)C[C@H]2CC)nc2c1=CNN2C1CCOCC1. The quantitative estimate of drug-likeness (QED) is 0.609. The fraction of sp³-hybridized carbons (Fsp3) is 0.423. The smallest absolute Gasteiger partial charge is 0.274 e. The van der Waals surface area contributed by atoms with Crippen LogP contribution in [0.3, 0.4) is 0 Å². The van der Waals surface area contributed by atoms with Crippen LogP contribution in [0.5, 0.6) is 0 Å². The number of aromatic nitrogens is 4. The zero-order valence-corrected chi connectivity index (χ0v) is 19.9.